The van der Waals surface area contributed by atoms with Crippen LogP contribution in [0.15, 0.2) is 0 Å². The molecular weight excluding hydrogens is 444 g/mol. The number of thiophene rings is 1. The quantitative estimate of drug-likeness (QED) is 0.627. The summed E-state index contributed by atoms with van der Waals surface area (Å²) < 4.78 is 34.5. The Kier molecular flexibility index (Phi) is 7.38. The summed E-state index contributed by atoms with van der Waals surface area (Å²) in [6.07, 6.45) is 4.43. The molecule has 1 aliphatic heterocycles. The third-order valence-electron chi connectivity index (χ3n) is 5.76. The van der Waals surface area contributed by atoms with Crippen LogP contribution in [0, 0.1) is 11.8 Å². The van der Waals surface area contributed by atoms with E-state index in [1.165, 1.54) is 22.8 Å². The highest BCUT2D eigenvalue weighted by atomic mass is 32.2. The number of nitrogens with zero attached hydrogens (tertiary/aromatic N) is 1. The molecule has 11 heteroatoms. The highest BCUT2D eigenvalue weighted by Gasteiger charge is 2.31. The van der Waals surface area contributed by atoms with E-state index in [9.17, 15) is 22.8 Å². The van der Waals surface area contributed by atoms with E-state index in [2.05, 4.69) is 12.2 Å². The molecule has 0 bridgehead atoms. The van der Waals surface area contributed by atoms with Gasteiger partial charge in [-0.25, -0.2) is 17.5 Å². The lowest BCUT2D eigenvalue weighted by atomic mass is 9.88. The second-order valence-corrected chi connectivity index (χ2v) is 11.2. The van der Waals surface area contributed by atoms with Gasteiger partial charge in [0.05, 0.1) is 24.8 Å². The van der Waals surface area contributed by atoms with Gasteiger partial charge in [-0.05, 0) is 43.6 Å². The summed E-state index contributed by atoms with van der Waals surface area (Å²) in [7, 11) is -1.97. The number of amides is 1. The first-order valence-electron chi connectivity index (χ1n) is 10.2. The molecular formula is C20H28N2O7S2. The minimum atomic E-state index is -3.27. The SMILES string of the molecule is COC(=O)c1c(NC(=O)COC(=O)C2CCN(S(C)(=O)=O)CC2)sc2c1CCC(C)C2. The number of methoxy groups -OCH3 is 1. The summed E-state index contributed by atoms with van der Waals surface area (Å²) in [4.78, 5) is 38.1. The molecule has 1 atom stereocenters. The van der Waals surface area contributed by atoms with Crippen LogP contribution in [0.2, 0.25) is 0 Å². The maximum atomic E-state index is 12.4. The number of nitrogens with one attached hydrogen (secondary N) is 1. The Labute approximate surface area is 186 Å². The molecule has 0 aromatic carbocycles. The minimum absolute atomic E-state index is 0.256. The predicted octanol–water partition coefficient (Wildman–Crippen LogP) is 1.81. The number of rotatable bonds is 6. The lowest BCUT2D eigenvalue weighted by Gasteiger charge is -2.28. The lowest BCUT2D eigenvalue weighted by molar-refractivity contribution is -0.152. The van der Waals surface area contributed by atoms with Crippen molar-refractivity contribution in [1.29, 1.82) is 0 Å². The van der Waals surface area contributed by atoms with Crippen molar-refractivity contribution < 1.29 is 32.3 Å². The summed E-state index contributed by atoms with van der Waals surface area (Å²) in [5.74, 6) is -1.46. The average Bonchev–Trinajstić information content (AvgIpc) is 3.07. The lowest BCUT2D eigenvalue weighted by Crippen LogP contribution is -2.40. The first-order chi connectivity index (χ1) is 14.6. The van der Waals surface area contributed by atoms with Crippen molar-refractivity contribution in [2.45, 2.75) is 39.0 Å². The van der Waals surface area contributed by atoms with Crippen LogP contribution in [-0.2, 0) is 41.9 Å². The molecule has 2 aliphatic rings. The largest absolute Gasteiger partial charge is 0.465 e. The first kappa shape index (κ1) is 23.7. The Morgan fingerprint density at radius 3 is 2.48 bits per heavy atom. The van der Waals surface area contributed by atoms with Gasteiger partial charge in [-0.1, -0.05) is 6.92 Å². The highest BCUT2D eigenvalue weighted by molar-refractivity contribution is 7.88. The normalized spacial score (nSPS) is 20.0. The molecule has 1 N–H and O–H groups in total. The topological polar surface area (TPSA) is 119 Å². The van der Waals surface area contributed by atoms with Crippen LogP contribution < -0.4 is 5.32 Å². The molecule has 1 aromatic heterocycles. The van der Waals surface area contributed by atoms with Crippen molar-refractivity contribution in [3.63, 3.8) is 0 Å². The molecule has 1 unspecified atom stereocenters. The maximum Gasteiger partial charge on any atom is 0.341 e. The van der Waals surface area contributed by atoms with Crippen molar-refractivity contribution in [1.82, 2.24) is 4.31 Å². The molecule has 1 saturated heterocycles. The fourth-order valence-corrected chi connectivity index (χ4v) is 6.29. The summed E-state index contributed by atoms with van der Waals surface area (Å²) in [6.45, 7) is 2.20. The van der Waals surface area contributed by atoms with E-state index in [-0.39, 0.29) is 13.1 Å². The third-order valence-corrected chi connectivity index (χ3v) is 8.23. The molecule has 0 spiro atoms. The Bertz CT molecular complexity index is 962. The third kappa shape index (κ3) is 5.64. The number of fused-ring (bicyclic) bond motifs is 1. The van der Waals surface area contributed by atoms with Gasteiger partial charge in [0.25, 0.3) is 5.91 Å². The number of piperidine rings is 1. The number of anilines is 1. The van der Waals surface area contributed by atoms with Gasteiger partial charge in [-0.3, -0.25) is 9.59 Å². The number of esters is 2. The summed E-state index contributed by atoms with van der Waals surface area (Å²) >= 11 is 1.37. The van der Waals surface area contributed by atoms with Crippen molar-refractivity contribution in [2.75, 3.05) is 38.4 Å². The molecule has 9 nitrogen and oxygen atoms in total. The van der Waals surface area contributed by atoms with Gasteiger partial charge in [0.1, 0.15) is 5.00 Å². The van der Waals surface area contributed by atoms with Crippen LogP contribution in [0.4, 0.5) is 5.00 Å². The van der Waals surface area contributed by atoms with E-state index >= 15 is 0 Å². The average molecular weight is 473 g/mol. The molecule has 1 aliphatic carbocycles. The van der Waals surface area contributed by atoms with Crippen molar-refractivity contribution in [3.8, 4) is 0 Å². The monoisotopic (exact) mass is 472 g/mol. The second kappa shape index (κ2) is 9.66. The number of ether oxygens (including phenoxy) is 2. The number of hydrogen-bond donors (Lipinski definition) is 1. The van der Waals surface area contributed by atoms with Gasteiger partial charge >= 0.3 is 11.9 Å². The second-order valence-electron chi connectivity index (χ2n) is 8.14. The van der Waals surface area contributed by atoms with E-state index < -0.39 is 40.4 Å². The van der Waals surface area contributed by atoms with Gasteiger partial charge in [0, 0.05) is 18.0 Å². The zero-order valence-electron chi connectivity index (χ0n) is 17.9. The van der Waals surface area contributed by atoms with Gasteiger partial charge in [0.2, 0.25) is 10.0 Å². The van der Waals surface area contributed by atoms with Crippen LogP contribution >= 0.6 is 11.3 Å². The molecule has 3 rings (SSSR count). The standard InChI is InChI=1S/C20H28N2O7S2/c1-12-4-5-14-15(10-12)30-18(17(14)20(25)28-2)21-16(23)11-29-19(24)13-6-8-22(9-7-13)31(3,26)27/h12-13H,4-11H2,1-3H3,(H,21,23). The van der Waals surface area contributed by atoms with Gasteiger partial charge < -0.3 is 14.8 Å². The zero-order valence-corrected chi connectivity index (χ0v) is 19.6. The molecule has 2 heterocycles. The number of carbonyl (C=O) groups is 3. The first-order valence-corrected chi connectivity index (χ1v) is 12.9. The smallest absolute Gasteiger partial charge is 0.341 e. The number of hydrogen-bond acceptors (Lipinski definition) is 8. The predicted molar refractivity (Wildman–Crippen MR) is 116 cm³/mol. The Balaban J connectivity index is 1.58. The summed E-state index contributed by atoms with van der Waals surface area (Å²) in [5.41, 5.74) is 1.32. The molecule has 0 saturated carbocycles. The molecule has 1 amide bonds. The van der Waals surface area contributed by atoms with E-state index in [0.717, 1.165) is 36.0 Å². The van der Waals surface area contributed by atoms with Crippen molar-refractivity contribution in [2.24, 2.45) is 11.8 Å². The van der Waals surface area contributed by atoms with E-state index in [4.69, 9.17) is 9.47 Å². The fourth-order valence-electron chi connectivity index (χ4n) is 4.00. The summed E-state index contributed by atoms with van der Waals surface area (Å²) in [6, 6.07) is 0. The van der Waals surface area contributed by atoms with Gasteiger partial charge in [-0.15, -0.1) is 11.3 Å². The molecule has 1 aromatic rings. The van der Waals surface area contributed by atoms with E-state index in [1.807, 2.05) is 0 Å². The van der Waals surface area contributed by atoms with Crippen LogP contribution in [0.1, 0.15) is 47.0 Å². The zero-order chi connectivity index (χ0) is 22.8. The van der Waals surface area contributed by atoms with Crippen LogP contribution in [-0.4, -0.2) is 63.6 Å². The minimum Gasteiger partial charge on any atom is -0.465 e. The van der Waals surface area contributed by atoms with Gasteiger partial charge in [0.15, 0.2) is 6.61 Å². The van der Waals surface area contributed by atoms with Crippen LogP contribution in [0.25, 0.3) is 0 Å². The van der Waals surface area contributed by atoms with Gasteiger partial charge in [-0.2, -0.15) is 0 Å². The Morgan fingerprint density at radius 2 is 1.87 bits per heavy atom. The fraction of sp³-hybridized carbons (Fsp3) is 0.650. The molecule has 0 radical (unpaired) electrons. The van der Waals surface area contributed by atoms with Crippen molar-refractivity contribution in [3.05, 3.63) is 16.0 Å². The van der Waals surface area contributed by atoms with E-state index in [0.29, 0.717) is 29.3 Å². The molecule has 172 valence electrons. The molecule has 31 heavy (non-hydrogen) atoms. The Hall–Kier alpha value is -1.98. The number of sulfonamides is 1. The van der Waals surface area contributed by atoms with E-state index in [1.54, 1.807) is 0 Å². The maximum absolute atomic E-state index is 12.4. The highest BCUT2D eigenvalue weighted by Crippen LogP contribution is 2.40. The van der Waals surface area contributed by atoms with Crippen LogP contribution in [0.5, 0.6) is 0 Å². The Morgan fingerprint density at radius 1 is 1.19 bits per heavy atom. The van der Waals surface area contributed by atoms with Crippen molar-refractivity contribution >= 4 is 44.2 Å². The molecule has 1 fully saturated rings. The van der Waals surface area contributed by atoms with Crippen LogP contribution in [0.3, 0.4) is 0 Å². The summed E-state index contributed by atoms with van der Waals surface area (Å²) in [5, 5.41) is 3.12. The number of carbonyl (C=O) groups excluding carboxylic acids is 3.